The molecule has 0 bridgehead atoms. The number of rotatable bonds is 15. The third-order valence-corrected chi connectivity index (χ3v) is 9.52. The fraction of sp³-hybridized carbons (Fsp3) is 0.278. The molecular weight excluding hydrogens is 602 g/mol. The third kappa shape index (κ3) is 8.45. The first-order valence-corrected chi connectivity index (χ1v) is 16.6. The Bertz CT molecular complexity index is 1690. The molecule has 0 radical (unpaired) electrons. The van der Waals surface area contributed by atoms with Crippen molar-refractivity contribution in [1.82, 2.24) is 10.2 Å². The highest BCUT2D eigenvalue weighted by Crippen LogP contribution is 2.34. The van der Waals surface area contributed by atoms with Crippen molar-refractivity contribution in [3.05, 3.63) is 120 Å². The van der Waals surface area contributed by atoms with Crippen molar-refractivity contribution in [1.29, 1.82) is 0 Å². The van der Waals surface area contributed by atoms with Crippen LogP contribution in [0.2, 0.25) is 0 Å². The first-order chi connectivity index (χ1) is 22.2. The van der Waals surface area contributed by atoms with Gasteiger partial charge in [0.15, 0.2) is 11.5 Å². The van der Waals surface area contributed by atoms with Gasteiger partial charge in [0.2, 0.25) is 11.8 Å². The zero-order chi connectivity index (χ0) is 33.1. The second kappa shape index (κ2) is 15.9. The van der Waals surface area contributed by atoms with Gasteiger partial charge < -0.3 is 19.7 Å². The average Bonchev–Trinajstić information content (AvgIpc) is 3.09. The van der Waals surface area contributed by atoms with Crippen LogP contribution in [0.15, 0.2) is 114 Å². The minimum Gasteiger partial charge on any atom is -0.493 e. The summed E-state index contributed by atoms with van der Waals surface area (Å²) in [4.78, 5) is 30.0. The SMILES string of the molecule is CC[C@@H](C)NC(=O)[C@@H](Cc1ccccc1)N(Cc1ccccc1)C(=O)CN(c1ccc(OC)c(OC)c1)S(=O)(=O)c1ccccc1. The van der Waals surface area contributed by atoms with Gasteiger partial charge in [-0.1, -0.05) is 85.8 Å². The van der Waals surface area contributed by atoms with Crippen LogP contribution in [-0.2, 0) is 32.6 Å². The minimum absolute atomic E-state index is 0.0162. The van der Waals surface area contributed by atoms with Crippen LogP contribution in [0, 0.1) is 0 Å². The molecule has 0 unspecified atom stereocenters. The molecule has 9 nitrogen and oxygen atoms in total. The molecular formula is C36H41N3O6S. The van der Waals surface area contributed by atoms with Crippen molar-refractivity contribution >= 4 is 27.5 Å². The lowest BCUT2D eigenvalue weighted by molar-refractivity contribution is -0.140. The van der Waals surface area contributed by atoms with Gasteiger partial charge in [-0.25, -0.2) is 8.42 Å². The highest BCUT2D eigenvalue weighted by atomic mass is 32.2. The number of methoxy groups -OCH3 is 2. The first kappa shape index (κ1) is 34.1. The van der Waals surface area contributed by atoms with E-state index in [4.69, 9.17) is 9.47 Å². The number of anilines is 1. The summed E-state index contributed by atoms with van der Waals surface area (Å²) in [6.45, 7) is 3.41. The second-order valence-electron chi connectivity index (χ2n) is 10.9. The maximum atomic E-state index is 14.6. The van der Waals surface area contributed by atoms with Crippen LogP contribution in [0.3, 0.4) is 0 Å². The van der Waals surface area contributed by atoms with E-state index in [-0.39, 0.29) is 35.5 Å². The van der Waals surface area contributed by atoms with E-state index in [0.717, 1.165) is 15.4 Å². The molecule has 0 aliphatic rings. The lowest BCUT2D eigenvalue weighted by atomic mass is 10.0. The third-order valence-electron chi connectivity index (χ3n) is 7.73. The summed E-state index contributed by atoms with van der Waals surface area (Å²) >= 11 is 0. The number of hydrogen-bond donors (Lipinski definition) is 1. The maximum Gasteiger partial charge on any atom is 0.264 e. The summed E-state index contributed by atoms with van der Waals surface area (Å²) in [7, 11) is -1.30. The second-order valence-corrected chi connectivity index (χ2v) is 12.8. The van der Waals surface area contributed by atoms with E-state index in [9.17, 15) is 18.0 Å². The Kier molecular flexibility index (Phi) is 11.8. The van der Waals surface area contributed by atoms with Gasteiger partial charge in [-0.3, -0.25) is 13.9 Å². The molecule has 2 atom stereocenters. The van der Waals surface area contributed by atoms with Crippen LogP contribution >= 0.6 is 0 Å². The summed E-state index contributed by atoms with van der Waals surface area (Å²) in [5, 5.41) is 3.04. The summed E-state index contributed by atoms with van der Waals surface area (Å²) in [6.07, 6.45) is 0.947. The van der Waals surface area contributed by atoms with Crippen molar-refractivity contribution in [3.8, 4) is 11.5 Å². The van der Waals surface area contributed by atoms with Gasteiger partial charge >= 0.3 is 0 Å². The molecule has 0 aromatic heterocycles. The number of nitrogens with zero attached hydrogens (tertiary/aromatic N) is 2. The molecule has 10 heteroatoms. The molecule has 0 spiro atoms. The van der Waals surface area contributed by atoms with Gasteiger partial charge in [0.05, 0.1) is 24.8 Å². The molecule has 46 heavy (non-hydrogen) atoms. The van der Waals surface area contributed by atoms with E-state index < -0.39 is 28.5 Å². The highest BCUT2D eigenvalue weighted by Gasteiger charge is 2.35. The van der Waals surface area contributed by atoms with E-state index in [2.05, 4.69) is 5.32 Å². The van der Waals surface area contributed by atoms with E-state index in [1.807, 2.05) is 74.5 Å². The van der Waals surface area contributed by atoms with Crippen molar-refractivity contribution < 1.29 is 27.5 Å². The molecule has 4 aromatic rings. The average molecular weight is 644 g/mol. The first-order valence-electron chi connectivity index (χ1n) is 15.1. The van der Waals surface area contributed by atoms with Crippen LogP contribution < -0.4 is 19.1 Å². The highest BCUT2D eigenvalue weighted by molar-refractivity contribution is 7.92. The topological polar surface area (TPSA) is 105 Å². The van der Waals surface area contributed by atoms with Gasteiger partial charge in [0.25, 0.3) is 10.0 Å². The van der Waals surface area contributed by atoms with Crippen molar-refractivity contribution in [2.24, 2.45) is 0 Å². The Morgan fingerprint density at radius 2 is 1.35 bits per heavy atom. The van der Waals surface area contributed by atoms with Gasteiger partial charge in [-0.2, -0.15) is 0 Å². The molecule has 4 aromatic carbocycles. The number of carbonyl (C=O) groups excluding carboxylic acids is 2. The predicted molar refractivity (Wildman–Crippen MR) is 179 cm³/mol. The maximum absolute atomic E-state index is 14.6. The molecule has 0 aliphatic heterocycles. The lowest BCUT2D eigenvalue weighted by Crippen LogP contribution is -2.54. The number of benzene rings is 4. The summed E-state index contributed by atoms with van der Waals surface area (Å²) < 4.78 is 40.3. The fourth-order valence-electron chi connectivity index (χ4n) is 5.00. The van der Waals surface area contributed by atoms with Crippen LogP contribution in [-0.4, -0.2) is 58.0 Å². The molecule has 0 saturated carbocycles. The number of nitrogens with one attached hydrogen (secondary N) is 1. The smallest absolute Gasteiger partial charge is 0.264 e. The standard InChI is InChI=1S/C36H41N3O6S/c1-5-27(2)37-36(41)32(23-28-15-9-6-10-16-28)38(25-29-17-11-7-12-18-29)35(40)26-39(46(42,43)31-19-13-8-14-20-31)30-21-22-33(44-3)34(24-30)45-4/h6-22,24,27,32H,5,23,25-26H2,1-4H3,(H,37,41)/t27-,32-/m1/s1. The van der Waals surface area contributed by atoms with Crippen molar-refractivity contribution in [2.45, 2.75) is 50.2 Å². The number of ether oxygens (including phenoxy) is 2. The largest absolute Gasteiger partial charge is 0.493 e. The molecule has 4 rings (SSSR count). The minimum atomic E-state index is -4.24. The Morgan fingerprint density at radius 3 is 1.91 bits per heavy atom. The van der Waals surface area contributed by atoms with Crippen LogP contribution in [0.1, 0.15) is 31.4 Å². The lowest BCUT2D eigenvalue weighted by Gasteiger charge is -2.34. The Labute approximate surface area is 271 Å². The molecule has 0 fully saturated rings. The normalized spacial score (nSPS) is 12.4. The zero-order valence-electron chi connectivity index (χ0n) is 26.6. The summed E-state index contributed by atoms with van der Waals surface area (Å²) in [6, 6.07) is 30.4. The number of sulfonamides is 1. The van der Waals surface area contributed by atoms with E-state index >= 15 is 0 Å². The predicted octanol–water partition coefficient (Wildman–Crippen LogP) is 5.45. The summed E-state index contributed by atoms with van der Waals surface area (Å²) in [5.74, 6) is -0.147. The van der Waals surface area contributed by atoms with Gasteiger partial charge in [-0.15, -0.1) is 0 Å². The molecule has 0 heterocycles. The quantitative estimate of drug-likeness (QED) is 0.185. The van der Waals surface area contributed by atoms with E-state index in [0.29, 0.717) is 17.9 Å². The van der Waals surface area contributed by atoms with Crippen LogP contribution in [0.25, 0.3) is 0 Å². The number of hydrogen-bond acceptors (Lipinski definition) is 6. The Morgan fingerprint density at radius 1 is 0.783 bits per heavy atom. The van der Waals surface area contributed by atoms with Crippen molar-refractivity contribution in [2.75, 3.05) is 25.1 Å². The van der Waals surface area contributed by atoms with Gasteiger partial charge in [-0.05, 0) is 48.7 Å². The van der Waals surface area contributed by atoms with Crippen molar-refractivity contribution in [3.63, 3.8) is 0 Å². The number of amides is 2. The van der Waals surface area contributed by atoms with Gasteiger partial charge in [0.1, 0.15) is 12.6 Å². The summed E-state index contributed by atoms with van der Waals surface area (Å²) in [5.41, 5.74) is 1.87. The van der Waals surface area contributed by atoms with Gasteiger partial charge in [0, 0.05) is 25.1 Å². The molecule has 0 aliphatic carbocycles. The molecule has 2 amide bonds. The Balaban J connectivity index is 1.82. The van der Waals surface area contributed by atoms with E-state index in [1.54, 1.807) is 30.3 Å². The zero-order valence-corrected chi connectivity index (χ0v) is 27.4. The monoisotopic (exact) mass is 643 g/mol. The molecule has 0 saturated heterocycles. The Hall–Kier alpha value is -4.83. The molecule has 242 valence electrons. The fourth-order valence-corrected chi connectivity index (χ4v) is 6.43. The van der Waals surface area contributed by atoms with E-state index in [1.165, 1.54) is 37.3 Å². The van der Waals surface area contributed by atoms with Crippen LogP contribution in [0.4, 0.5) is 5.69 Å². The number of carbonyl (C=O) groups is 2. The molecule has 1 N–H and O–H groups in total. The van der Waals surface area contributed by atoms with Crippen LogP contribution in [0.5, 0.6) is 11.5 Å².